The molecule has 80 valence electrons. The topological polar surface area (TPSA) is 34.1 Å². The summed E-state index contributed by atoms with van der Waals surface area (Å²) in [5, 5.41) is 0. The lowest BCUT2D eigenvalue weighted by Gasteiger charge is -2.34. The lowest BCUT2D eigenvalue weighted by Crippen LogP contribution is -2.42. The van der Waals surface area contributed by atoms with E-state index in [4.69, 9.17) is 0 Å². The highest BCUT2D eigenvalue weighted by Crippen LogP contribution is 2.38. The lowest BCUT2D eigenvalue weighted by atomic mass is 9.66. The summed E-state index contributed by atoms with van der Waals surface area (Å²) in [6.07, 6.45) is 13.7. The van der Waals surface area contributed by atoms with Gasteiger partial charge >= 0.3 is 0 Å². The summed E-state index contributed by atoms with van der Waals surface area (Å²) in [6, 6.07) is 0. The van der Waals surface area contributed by atoms with Crippen molar-refractivity contribution in [1.82, 2.24) is 0 Å². The molecule has 3 rings (SSSR count). The van der Waals surface area contributed by atoms with Crippen molar-refractivity contribution in [3.63, 3.8) is 0 Å². The zero-order valence-corrected chi connectivity index (χ0v) is 8.80. The second-order valence-electron chi connectivity index (χ2n) is 4.43. The first-order valence-electron chi connectivity index (χ1n) is 5.58. The van der Waals surface area contributed by atoms with Gasteiger partial charge in [-0.25, -0.2) is 0 Å². The maximum Gasteiger partial charge on any atom is 0.167 e. The standard InChI is InChI=1S/C14H12O2/c15-13-9-5-1-2-6-10(9)14(16)12-8-4-3-7-11(12)13/h1-7,9-10,12H,8H2. The molecule has 0 bridgehead atoms. The molecule has 16 heavy (non-hydrogen) atoms. The molecular formula is C14H12O2. The van der Waals surface area contributed by atoms with Gasteiger partial charge in [-0.2, -0.15) is 0 Å². The molecule has 0 saturated heterocycles. The van der Waals surface area contributed by atoms with E-state index >= 15 is 0 Å². The normalized spacial score (nSPS) is 35.8. The third kappa shape index (κ3) is 1.19. The third-order valence-electron chi connectivity index (χ3n) is 3.55. The highest BCUT2D eigenvalue weighted by atomic mass is 16.1. The van der Waals surface area contributed by atoms with Crippen LogP contribution in [0.25, 0.3) is 0 Å². The van der Waals surface area contributed by atoms with E-state index < -0.39 is 0 Å². The minimum atomic E-state index is -0.258. The Hall–Kier alpha value is -1.70. The number of hydrogen-bond acceptors (Lipinski definition) is 2. The van der Waals surface area contributed by atoms with E-state index in [1.165, 1.54) is 0 Å². The third-order valence-corrected chi connectivity index (χ3v) is 3.55. The monoisotopic (exact) mass is 212 g/mol. The molecule has 1 saturated carbocycles. The Morgan fingerprint density at radius 3 is 2.56 bits per heavy atom. The number of ketones is 2. The fourth-order valence-corrected chi connectivity index (χ4v) is 2.71. The van der Waals surface area contributed by atoms with Gasteiger partial charge in [-0.15, -0.1) is 0 Å². The Labute approximate surface area is 94.0 Å². The van der Waals surface area contributed by atoms with Crippen molar-refractivity contribution in [2.45, 2.75) is 6.42 Å². The molecule has 0 amide bonds. The number of fused-ring (bicyclic) bond motifs is 2. The summed E-state index contributed by atoms with van der Waals surface area (Å²) >= 11 is 0. The molecule has 2 heteroatoms. The summed E-state index contributed by atoms with van der Waals surface area (Å²) < 4.78 is 0. The quantitative estimate of drug-likeness (QED) is 0.615. The highest BCUT2D eigenvalue weighted by molar-refractivity contribution is 6.11. The van der Waals surface area contributed by atoms with Crippen LogP contribution < -0.4 is 0 Å². The van der Waals surface area contributed by atoms with Crippen molar-refractivity contribution in [3.05, 3.63) is 48.1 Å². The van der Waals surface area contributed by atoms with Gasteiger partial charge in [-0.05, 0) is 6.42 Å². The molecule has 0 heterocycles. The summed E-state index contributed by atoms with van der Waals surface area (Å²) in [5.41, 5.74) is 0.703. The second-order valence-corrected chi connectivity index (χ2v) is 4.43. The molecule has 3 unspecified atom stereocenters. The average molecular weight is 212 g/mol. The van der Waals surface area contributed by atoms with Crippen molar-refractivity contribution in [2.24, 2.45) is 17.8 Å². The first-order chi connectivity index (χ1) is 7.79. The van der Waals surface area contributed by atoms with Gasteiger partial charge in [0.05, 0.1) is 17.8 Å². The van der Waals surface area contributed by atoms with Gasteiger partial charge in [0.1, 0.15) is 5.78 Å². The summed E-state index contributed by atoms with van der Waals surface area (Å²) in [6.45, 7) is 0. The molecule has 0 aromatic rings. The predicted molar refractivity (Wildman–Crippen MR) is 60.6 cm³/mol. The molecule has 0 spiro atoms. The van der Waals surface area contributed by atoms with Gasteiger partial charge in [0.15, 0.2) is 5.78 Å². The van der Waals surface area contributed by atoms with Crippen LogP contribution in [0, 0.1) is 17.8 Å². The van der Waals surface area contributed by atoms with Crippen LogP contribution in [-0.2, 0) is 9.59 Å². The van der Waals surface area contributed by atoms with Crippen LogP contribution in [0.3, 0.4) is 0 Å². The Balaban J connectivity index is 2.07. The molecule has 0 aliphatic heterocycles. The van der Waals surface area contributed by atoms with Crippen molar-refractivity contribution in [3.8, 4) is 0 Å². The Morgan fingerprint density at radius 2 is 1.75 bits per heavy atom. The van der Waals surface area contributed by atoms with Gasteiger partial charge in [-0.3, -0.25) is 9.59 Å². The maximum atomic E-state index is 12.2. The van der Waals surface area contributed by atoms with Crippen LogP contribution in [0.1, 0.15) is 6.42 Å². The van der Waals surface area contributed by atoms with Crippen LogP contribution in [0.2, 0.25) is 0 Å². The fraction of sp³-hybridized carbons (Fsp3) is 0.286. The van der Waals surface area contributed by atoms with E-state index in [1.807, 2.05) is 36.5 Å². The first kappa shape index (κ1) is 9.52. The van der Waals surface area contributed by atoms with E-state index in [1.54, 1.807) is 6.08 Å². The van der Waals surface area contributed by atoms with E-state index in [-0.39, 0.29) is 29.3 Å². The maximum absolute atomic E-state index is 12.2. The summed E-state index contributed by atoms with van der Waals surface area (Å²) in [5.74, 6) is -0.368. The molecule has 0 N–H and O–H groups in total. The highest BCUT2D eigenvalue weighted by Gasteiger charge is 2.44. The first-order valence-corrected chi connectivity index (χ1v) is 5.58. The predicted octanol–water partition coefficient (Wildman–Crippen LogP) is 2.00. The number of hydrogen-bond donors (Lipinski definition) is 0. The molecule has 2 nitrogen and oxygen atoms in total. The zero-order chi connectivity index (χ0) is 11.1. The second kappa shape index (κ2) is 3.41. The summed E-state index contributed by atoms with van der Waals surface area (Å²) in [7, 11) is 0. The van der Waals surface area contributed by atoms with Crippen LogP contribution in [0.5, 0.6) is 0 Å². The van der Waals surface area contributed by atoms with E-state index in [0.29, 0.717) is 12.0 Å². The minimum absolute atomic E-state index is 0.125. The number of carbonyl (C=O) groups excluding carboxylic acids is 2. The summed E-state index contributed by atoms with van der Waals surface area (Å²) in [4.78, 5) is 24.4. The molecule has 0 aromatic carbocycles. The van der Waals surface area contributed by atoms with E-state index in [9.17, 15) is 9.59 Å². The number of Topliss-reactive ketones (excluding diaryl/α,β-unsaturated/α-hetero) is 2. The van der Waals surface area contributed by atoms with Gasteiger partial charge in [0.25, 0.3) is 0 Å². The van der Waals surface area contributed by atoms with Gasteiger partial charge < -0.3 is 0 Å². The molecule has 3 atom stereocenters. The van der Waals surface area contributed by atoms with Crippen molar-refractivity contribution in [1.29, 1.82) is 0 Å². The largest absolute Gasteiger partial charge is 0.298 e. The fourth-order valence-electron chi connectivity index (χ4n) is 2.71. The van der Waals surface area contributed by atoms with Crippen molar-refractivity contribution >= 4 is 11.6 Å². The minimum Gasteiger partial charge on any atom is -0.298 e. The van der Waals surface area contributed by atoms with Gasteiger partial charge in [0, 0.05) is 5.57 Å². The van der Waals surface area contributed by atoms with Crippen LogP contribution in [0.4, 0.5) is 0 Å². The average Bonchev–Trinajstić information content (AvgIpc) is 2.36. The van der Waals surface area contributed by atoms with Crippen LogP contribution in [0.15, 0.2) is 48.1 Å². The Morgan fingerprint density at radius 1 is 1.00 bits per heavy atom. The lowest BCUT2D eigenvalue weighted by molar-refractivity contribution is -0.134. The van der Waals surface area contributed by atoms with Crippen molar-refractivity contribution in [2.75, 3.05) is 0 Å². The molecule has 3 aliphatic rings. The number of rotatable bonds is 0. The number of carbonyl (C=O) groups is 2. The molecule has 3 aliphatic carbocycles. The number of allylic oxidation sites excluding steroid dienone is 8. The van der Waals surface area contributed by atoms with E-state index in [2.05, 4.69) is 0 Å². The Bertz CT molecular complexity index is 473. The van der Waals surface area contributed by atoms with E-state index in [0.717, 1.165) is 0 Å². The molecule has 1 fully saturated rings. The Kier molecular flexibility index (Phi) is 2.03. The zero-order valence-electron chi connectivity index (χ0n) is 8.80. The molecule has 0 radical (unpaired) electrons. The van der Waals surface area contributed by atoms with Gasteiger partial charge in [0.2, 0.25) is 0 Å². The molecule has 0 aromatic heterocycles. The van der Waals surface area contributed by atoms with Crippen LogP contribution >= 0.6 is 0 Å². The van der Waals surface area contributed by atoms with Crippen molar-refractivity contribution < 1.29 is 9.59 Å². The SMILES string of the molecule is O=C1C2=CC=CCC2C(=O)C2C=CC=CC12. The van der Waals surface area contributed by atoms with Gasteiger partial charge in [-0.1, -0.05) is 42.5 Å². The molecular weight excluding hydrogens is 200 g/mol. The van der Waals surface area contributed by atoms with Crippen LogP contribution in [-0.4, -0.2) is 11.6 Å². The smallest absolute Gasteiger partial charge is 0.167 e.